The number of aliphatic carboxylic acids is 1. The van der Waals surface area contributed by atoms with Crippen molar-refractivity contribution in [2.45, 2.75) is 48.2 Å². The largest absolute Gasteiger partial charge is 0.481 e. The van der Waals surface area contributed by atoms with Gasteiger partial charge in [0.15, 0.2) is 0 Å². The predicted octanol–water partition coefficient (Wildman–Crippen LogP) is 7.08. The highest BCUT2D eigenvalue weighted by Crippen LogP contribution is 2.44. The Morgan fingerprint density at radius 3 is 2.39 bits per heavy atom. The summed E-state index contributed by atoms with van der Waals surface area (Å²) in [6.07, 6.45) is 2.00. The summed E-state index contributed by atoms with van der Waals surface area (Å²) < 4.78 is 5.15. The molecule has 0 saturated carbocycles. The lowest BCUT2D eigenvalue weighted by molar-refractivity contribution is -0.138. The van der Waals surface area contributed by atoms with Crippen LogP contribution in [0.4, 0.5) is 10.7 Å². The molecular weight excluding hydrogens is 597 g/mol. The van der Waals surface area contributed by atoms with Crippen LogP contribution in [0.2, 0.25) is 0 Å². The molecule has 1 aliphatic carbocycles. The minimum atomic E-state index is -1.04. The molecule has 0 spiro atoms. The fourth-order valence-electron chi connectivity index (χ4n) is 5.31. The highest BCUT2D eigenvalue weighted by Gasteiger charge is 2.32. The van der Waals surface area contributed by atoms with Crippen LogP contribution in [0.15, 0.2) is 89.8 Å². The van der Waals surface area contributed by atoms with Crippen molar-refractivity contribution < 1.29 is 29.0 Å². The molecule has 3 aromatic carbocycles. The Morgan fingerprint density at radius 1 is 0.955 bits per heavy atom. The van der Waals surface area contributed by atoms with Crippen molar-refractivity contribution in [1.82, 2.24) is 0 Å². The summed E-state index contributed by atoms with van der Waals surface area (Å²) in [7, 11) is 1.35. The normalized spacial score (nSPS) is 14.6. The van der Waals surface area contributed by atoms with Gasteiger partial charge in [-0.2, -0.15) is 0 Å². The number of fused-ring (bicyclic) bond motifs is 1. The van der Waals surface area contributed by atoms with Gasteiger partial charge in [-0.05, 0) is 60.1 Å². The molecule has 226 valence electrons. The predicted molar refractivity (Wildman–Crippen MR) is 172 cm³/mol. The van der Waals surface area contributed by atoms with Gasteiger partial charge >= 0.3 is 11.9 Å². The van der Waals surface area contributed by atoms with Gasteiger partial charge in [0.25, 0.3) is 0 Å². The second-order valence-corrected chi connectivity index (χ2v) is 12.7. The van der Waals surface area contributed by atoms with Gasteiger partial charge in [0.05, 0.1) is 19.1 Å². The molecule has 0 aliphatic heterocycles. The minimum Gasteiger partial charge on any atom is -0.481 e. The Hall–Kier alpha value is -4.41. The van der Waals surface area contributed by atoms with E-state index in [4.69, 9.17) is 9.84 Å². The zero-order chi connectivity index (χ0) is 31.1. The van der Waals surface area contributed by atoms with Gasteiger partial charge in [-0.25, -0.2) is 4.79 Å². The third-order valence-electron chi connectivity index (χ3n) is 7.44. The molecule has 2 amide bonds. The van der Waals surface area contributed by atoms with Gasteiger partial charge in [0.1, 0.15) is 10.3 Å². The van der Waals surface area contributed by atoms with Crippen molar-refractivity contribution in [3.63, 3.8) is 0 Å². The number of esters is 1. The molecule has 0 saturated heterocycles. The molecule has 0 fully saturated rings. The highest BCUT2D eigenvalue weighted by molar-refractivity contribution is 8.00. The lowest BCUT2D eigenvalue weighted by atomic mass is 9.83. The second-order valence-electron chi connectivity index (χ2n) is 10.4. The number of rotatable bonds is 11. The van der Waals surface area contributed by atoms with E-state index in [-0.39, 0.29) is 18.7 Å². The molecular formula is C34H32N2O6S2. The third-order valence-corrected chi connectivity index (χ3v) is 9.86. The Morgan fingerprint density at radius 2 is 1.68 bits per heavy atom. The van der Waals surface area contributed by atoms with Crippen molar-refractivity contribution in [3.05, 3.63) is 112 Å². The van der Waals surface area contributed by atoms with Crippen LogP contribution in [0.1, 0.15) is 62.4 Å². The number of carbonyl (C=O) groups is 4. The van der Waals surface area contributed by atoms with Crippen LogP contribution in [0.3, 0.4) is 0 Å². The number of hydrogen-bond donors (Lipinski definition) is 3. The van der Waals surface area contributed by atoms with Crippen molar-refractivity contribution in [3.8, 4) is 0 Å². The van der Waals surface area contributed by atoms with Gasteiger partial charge < -0.3 is 20.5 Å². The fourth-order valence-corrected chi connectivity index (χ4v) is 7.71. The van der Waals surface area contributed by atoms with Crippen LogP contribution in [0.25, 0.3) is 0 Å². The number of carbonyl (C=O) groups excluding carboxylic acids is 3. The van der Waals surface area contributed by atoms with E-state index < -0.39 is 23.1 Å². The Bertz CT molecular complexity index is 1660. The molecule has 8 nitrogen and oxygen atoms in total. The summed E-state index contributed by atoms with van der Waals surface area (Å²) in [5, 5.41) is 14.5. The maximum absolute atomic E-state index is 14.0. The van der Waals surface area contributed by atoms with Crippen molar-refractivity contribution >= 4 is 57.5 Å². The summed E-state index contributed by atoms with van der Waals surface area (Å²) in [6, 6.07) is 26.8. The molecule has 1 heterocycles. The number of hydrogen-bond acceptors (Lipinski definition) is 7. The molecule has 4 aromatic rings. The number of carboxylic acids is 1. The maximum Gasteiger partial charge on any atom is 0.341 e. The topological polar surface area (TPSA) is 122 Å². The van der Waals surface area contributed by atoms with Crippen LogP contribution >= 0.6 is 23.1 Å². The number of thiophene rings is 1. The first-order chi connectivity index (χ1) is 21.3. The number of methoxy groups -OCH3 is 1. The van der Waals surface area contributed by atoms with E-state index in [9.17, 15) is 19.2 Å². The van der Waals surface area contributed by atoms with E-state index in [0.29, 0.717) is 28.6 Å². The van der Waals surface area contributed by atoms with Crippen LogP contribution < -0.4 is 10.6 Å². The van der Waals surface area contributed by atoms with E-state index in [2.05, 4.69) is 22.8 Å². The molecule has 5 rings (SSSR count). The summed E-state index contributed by atoms with van der Waals surface area (Å²) in [6.45, 7) is 0. The van der Waals surface area contributed by atoms with Crippen LogP contribution in [-0.2, 0) is 32.0 Å². The van der Waals surface area contributed by atoms with E-state index >= 15 is 0 Å². The third kappa shape index (κ3) is 7.56. The van der Waals surface area contributed by atoms with Gasteiger partial charge in [-0.3, -0.25) is 14.4 Å². The molecule has 1 aliphatic rings. The Kier molecular flexibility index (Phi) is 10.1. The number of carboxylic acid groups (broad SMARTS) is 1. The first-order valence-corrected chi connectivity index (χ1v) is 15.9. The van der Waals surface area contributed by atoms with E-state index in [1.54, 1.807) is 18.2 Å². The van der Waals surface area contributed by atoms with E-state index in [0.717, 1.165) is 33.7 Å². The van der Waals surface area contributed by atoms with E-state index in [1.807, 2.05) is 54.6 Å². The SMILES string of the molecule is COC(=O)c1c(NC(=O)C(Sc2cccc(NC(=O)CCC(=O)O)c2)c2ccccc2)sc2c1CCC(c1ccccc1)C2. The number of anilines is 2. The van der Waals surface area contributed by atoms with Crippen molar-refractivity contribution in [1.29, 1.82) is 0 Å². The fraction of sp³-hybridized carbons (Fsp3) is 0.235. The van der Waals surface area contributed by atoms with Crippen LogP contribution in [0.5, 0.6) is 0 Å². The molecule has 1 aromatic heterocycles. The first kappa shape index (κ1) is 31.0. The first-order valence-electron chi connectivity index (χ1n) is 14.2. The summed E-state index contributed by atoms with van der Waals surface area (Å²) in [5.74, 6) is -1.87. The number of ether oxygens (including phenoxy) is 1. The highest BCUT2D eigenvalue weighted by atomic mass is 32.2. The van der Waals surface area contributed by atoms with Gasteiger partial charge in [-0.1, -0.05) is 66.7 Å². The molecule has 2 unspecified atom stereocenters. The molecule has 10 heteroatoms. The van der Waals surface area contributed by atoms with Gasteiger partial charge in [-0.15, -0.1) is 23.1 Å². The lowest BCUT2D eigenvalue weighted by Gasteiger charge is -2.22. The average Bonchev–Trinajstić information content (AvgIpc) is 3.40. The standard InChI is InChI=1S/C34H32N2O6S2/c1-42-34(41)30-26-16-15-23(21-9-4-2-5-10-21)19-27(26)44-33(30)36-32(40)31(22-11-6-3-7-12-22)43-25-14-8-13-24(20-25)35-28(37)17-18-29(38)39/h2-14,20,23,31H,15-19H2,1H3,(H,35,37)(H,36,40)(H,38,39). The molecule has 2 atom stereocenters. The minimum absolute atomic E-state index is 0.138. The number of thioether (sulfide) groups is 1. The second kappa shape index (κ2) is 14.4. The van der Waals surface area contributed by atoms with Crippen molar-refractivity contribution in [2.75, 3.05) is 17.7 Å². The quantitative estimate of drug-likeness (QED) is 0.120. The maximum atomic E-state index is 14.0. The zero-order valence-electron chi connectivity index (χ0n) is 24.1. The summed E-state index contributed by atoms with van der Waals surface area (Å²) in [4.78, 5) is 51.8. The number of benzene rings is 3. The Labute approximate surface area is 263 Å². The molecule has 0 bridgehead atoms. The van der Waals surface area contributed by atoms with Crippen LogP contribution in [-0.4, -0.2) is 36.0 Å². The van der Waals surface area contributed by atoms with Gasteiger partial charge in [0, 0.05) is 21.9 Å². The monoisotopic (exact) mass is 628 g/mol. The average molecular weight is 629 g/mol. The smallest absolute Gasteiger partial charge is 0.341 e. The molecule has 44 heavy (non-hydrogen) atoms. The number of nitrogens with one attached hydrogen (secondary N) is 2. The summed E-state index contributed by atoms with van der Waals surface area (Å²) >= 11 is 2.75. The summed E-state index contributed by atoms with van der Waals surface area (Å²) in [5.41, 5.74) is 3.91. The van der Waals surface area contributed by atoms with Crippen LogP contribution in [0, 0.1) is 0 Å². The Balaban J connectivity index is 1.39. The molecule has 3 N–H and O–H groups in total. The molecule has 0 radical (unpaired) electrons. The van der Waals surface area contributed by atoms with Gasteiger partial charge in [0.2, 0.25) is 11.8 Å². The number of amides is 2. The van der Waals surface area contributed by atoms with E-state index in [1.165, 1.54) is 35.8 Å². The lowest BCUT2D eigenvalue weighted by Crippen LogP contribution is -2.20. The van der Waals surface area contributed by atoms with Crippen molar-refractivity contribution in [2.24, 2.45) is 0 Å². The zero-order valence-corrected chi connectivity index (χ0v) is 25.7.